The average molecular weight is 354 g/mol. The van der Waals surface area contributed by atoms with Crippen LogP contribution in [0.2, 0.25) is 0 Å². The van der Waals surface area contributed by atoms with E-state index in [4.69, 9.17) is 14.2 Å². The molecule has 6 heteroatoms. The van der Waals surface area contributed by atoms with Crippen molar-refractivity contribution in [1.29, 1.82) is 0 Å². The van der Waals surface area contributed by atoms with Gasteiger partial charge in [-0.3, -0.25) is 9.59 Å². The molecule has 0 aromatic carbocycles. The van der Waals surface area contributed by atoms with Crippen LogP contribution in [0.5, 0.6) is 0 Å². The average Bonchev–Trinajstić information content (AvgIpc) is 2.61. The van der Waals surface area contributed by atoms with E-state index in [1.54, 1.807) is 0 Å². The second-order valence-corrected chi connectivity index (χ2v) is 7.54. The molecule has 25 heavy (non-hydrogen) atoms. The van der Waals surface area contributed by atoms with E-state index < -0.39 is 17.3 Å². The number of ether oxygens (including phenoxy) is 3. The zero-order chi connectivity index (χ0) is 18.4. The van der Waals surface area contributed by atoms with Gasteiger partial charge in [-0.05, 0) is 39.0 Å². The summed E-state index contributed by atoms with van der Waals surface area (Å²) in [6, 6.07) is 0. The molecule has 0 aromatic heterocycles. The van der Waals surface area contributed by atoms with E-state index in [0.717, 1.165) is 19.3 Å². The first-order valence-electron chi connectivity index (χ1n) is 9.14. The number of esters is 1. The molecule has 0 aliphatic heterocycles. The van der Waals surface area contributed by atoms with Crippen molar-refractivity contribution in [3.05, 3.63) is 12.2 Å². The molecule has 3 aliphatic rings. The Labute approximate surface area is 149 Å². The quantitative estimate of drug-likeness (QED) is 0.281. The Balaban J connectivity index is 1.62. The number of fused-ring (bicyclic) bond motifs is 2. The van der Waals surface area contributed by atoms with Crippen LogP contribution in [-0.4, -0.2) is 43.2 Å². The molecule has 4 unspecified atom stereocenters. The van der Waals surface area contributed by atoms with E-state index in [0.29, 0.717) is 19.6 Å². The SMILES string of the molecule is CCC(C)(C)C(=O)OCCCOCOC1C2C=CC(CC2)C1C(=O)O. The highest BCUT2D eigenvalue weighted by Gasteiger charge is 2.45. The number of carboxylic acid groups (broad SMARTS) is 1. The first-order chi connectivity index (χ1) is 11.9. The number of carbonyl (C=O) groups is 2. The molecule has 0 spiro atoms. The van der Waals surface area contributed by atoms with Gasteiger partial charge in [0, 0.05) is 12.3 Å². The van der Waals surface area contributed by atoms with E-state index in [1.807, 2.05) is 26.8 Å². The maximum Gasteiger partial charge on any atom is 0.311 e. The summed E-state index contributed by atoms with van der Waals surface area (Å²) in [4.78, 5) is 23.3. The van der Waals surface area contributed by atoms with Crippen molar-refractivity contribution >= 4 is 11.9 Å². The van der Waals surface area contributed by atoms with Crippen molar-refractivity contribution in [2.45, 2.75) is 52.6 Å². The Morgan fingerprint density at radius 2 is 1.84 bits per heavy atom. The van der Waals surface area contributed by atoms with Gasteiger partial charge in [0.1, 0.15) is 6.79 Å². The van der Waals surface area contributed by atoms with Crippen molar-refractivity contribution in [2.24, 2.45) is 23.2 Å². The van der Waals surface area contributed by atoms with Crippen LogP contribution in [0.1, 0.15) is 46.5 Å². The highest BCUT2D eigenvalue weighted by molar-refractivity contribution is 5.75. The summed E-state index contributed by atoms with van der Waals surface area (Å²) in [5.74, 6) is -1.25. The molecule has 0 heterocycles. The Morgan fingerprint density at radius 3 is 2.44 bits per heavy atom. The summed E-state index contributed by atoms with van der Waals surface area (Å²) in [5.41, 5.74) is -0.455. The van der Waals surface area contributed by atoms with Crippen LogP contribution in [0, 0.1) is 23.2 Å². The molecule has 1 fully saturated rings. The Bertz CT molecular complexity index is 498. The Kier molecular flexibility index (Phi) is 7.02. The third-order valence-electron chi connectivity index (χ3n) is 5.41. The minimum atomic E-state index is -0.797. The lowest BCUT2D eigenvalue weighted by Crippen LogP contribution is -2.46. The summed E-state index contributed by atoms with van der Waals surface area (Å²) in [5, 5.41) is 9.44. The summed E-state index contributed by atoms with van der Waals surface area (Å²) in [7, 11) is 0. The van der Waals surface area contributed by atoms with Gasteiger partial charge in [0.25, 0.3) is 0 Å². The largest absolute Gasteiger partial charge is 0.481 e. The van der Waals surface area contributed by atoms with Gasteiger partial charge in [0.2, 0.25) is 0 Å². The molecule has 2 bridgehead atoms. The minimum Gasteiger partial charge on any atom is -0.481 e. The van der Waals surface area contributed by atoms with E-state index in [9.17, 15) is 14.7 Å². The zero-order valence-corrected chi connectivity index (χ0v) is 15.4. The van der Waals surface area contributed by atoms with Crippen molar-refractivity contribution in [3.63, 3.8) is 0 Å². The molecular formula is C19H30O6. The molecule has 6 nitrogen and oxygen atoms in total. The van der Waals surface area contributed by atoms with E-state index in [-0.39, 0.29) is 30.7 Å². The third kappa shape index (κ3) is 5.05. The van der Waals surface area contributed by atoms with Gasteiger partial charge in [-0.15, -0.1) is 0 Å². The maximum atomic E-state index is 11.8. The minimum absolute atomic E-state index is 0.0637. The second-order valence-electron chi connectivity index (χ2n) is 7.54. The third-order valence-corrected chi connectivity index (χ3v) is 5.41. The van der Waals surface area contributed by atoms with E-state index in [2.05, 4.69) is 6.08 Å². The molecule has 0 saturated heterocycles. The summed E-state index contributed by atoms with van der Waals surface area (Å²) < 4.78 is 16.4. The number of rotatable bonds is 10. The van der Waals surface area contributed by atoms with Gasteiger partial charge in [0.15, 0.2) is 0 Å². The summed E-state index contributed by atoms with van der Waals surface area (Å²) >= 11 is 0. The van der Waals surface area contributed by atoms with E-state index in [1.165, 1.54) is 0 Å². The Morgan fingerprint density at radius 1 is 1.16 bits per heavy atom. The van der Waals surface area contributed by atoms with E-state index >= 15 is 0 Å². The van der Waals surface area contributed by atoms with Crippen LogP contribution in [-0.2, 0) is 23.8 Å². The lowest BCUT2D eigenvalue weighted by Gasteiger charge is -2.42. The molecule has 0 radical (unpaired) electrons. The fraction of sp³-hybridized carbons (Fsp3) is 0.789. The van der Waals surface area contributed by atoms with Crippen molar-refractivity contribution in [2.75, 3.05) is 20.0 Å². The lowest BCUT2D eigenvalue weighted by atomic mass is 9.67. The smallest absolute Gasteiger partial charge is 0.311 e. The lowest BCUT2D eigenvalue weighted by molar-refractivity contribution is -0.169. The van der Waals surface area contributed by atoms with Crippen molar-refractivity contribution in [1.82, 2.24) is 0 Å². The number of allylic oxidation sites excluding steroid dienone is 1. The van der Waals surface area contributed by atoms with Gasteiger partial charge in [-0.25, -0.2) is 0 Å². The highest BCUT2D eigenvalue weighted by atomic mass is 16.7. The summed E-state index contributed by atoms with van der Waals surface area (Å²) in [6.45, 7) is 6.49. The van der Waals surface area contributed by atoms with Crippen LogP contribution < -0.4 is 0 Å². The van der Waals surface area contributed by atoms with Gasteiger partial charge in [-0.1, -0.05) is 19.1 Å². The molecule has 3 aliphatic carbocycles. The van der Waals surface area contributed by atoms with Crippen LogP contribution in [0.25, 0.3) is 0 Å². The predicted octanol–water partition coefficient (Wildman–Crippen LogP) is 3.01. The van der Waals surface area contributed by atoms with Gasteiger partial charge in [0.05, 0.1) is 30.7 Å². The van der Waals surface area contributed by atoms with Gasteiger partial charge in [-0.2, -0.15) is 0 Å². The van der Waals surface area contributed by atoms with Gasteiger partial charge >= 0.3 is 11.9 Å². The highest BCUT2D eigenvalue weighted by Crippen LogP contribution is 2.42. The predicted molar refractivity (Wildman–Crippen MR) is 91.8 cm³/mol. The molecule has 3 rings (SSSR count). The van der Waals surface area contributed by atoms with Gasteiger partial charge < -0.3 is 19.3 Å². The summed E-state index contributed by atoms with van der Waals surface area (Å²) in [6.07, 6.45) is 6.99. The fourth-order valence-electron chi connectivity index (χ4n) is 3.35. The van der Waals surface area contributed by atoms with Crippen molar-refractivity contribution in [3.8, 4) is 0 Å². The zero-order valence-electron chi connectivity index (χ0n) is 15.4. The van der Waals surface area contributed by atoms with Crippen molar-refractivity contribution < 1.29 is 28.9 Å². The first kappa shape index (κ1) is 19.9. The molecule has 0 amide bonds. The number of aliphatic carboxylic acids is 1. The normalized spacial score (nSPS) is 28.1. The monoisotopic (exact) mass is 354 g/mol. The standard InChI is InChI=1S/C19H30O6/c1-4-19(2,3)18(22)24-11-5-10-23-12-25-16-14-8-6-13(7-9-14)15(16)17(20)21/h6,8,13-16H,4-5,7,9-12H2,1-3H3,(H,20,21). The first-order valence-corrected chi connectivity index (χ1v) is 9.14. The maximum absolute atomic E-state index is 11.8. The van der Waals surface area contributed by atoms with Crippen LogP contribution in [0.3, 0.4) is 0 Å². The number of hydrogen-bond acceptors (Lipinski definition) is 5. The second kappa shape index (κ2) is 8.81. The van der Waals surface area contributed by atoms with Crippen LogP contribution >= 0.6 is 0 Å². The number of carbonyl (C=O) groups excluding carboxylic acids is 1. The molecular weight excluding hydrogens is 324 g/mol. The van der Waals surface area contributed by atoms with Crippen LogP contribution in [0.4, 0.5) is 0 Å². The molecule has 1 N–H and O–H groups in total. The Hall–Kier alpha value is -1.40. The van der Waals surface area contributed by atoms with Crippen LogP contribution in [0.15, 0.2) is 12.2 Å². The topological polar surface area (TPSA) is 82.1 Å². The molecule has 0 aromatic rings. The number of carboxylic acids is 1. The molecule has 4 atom stereocenters. The fourth-order valence-corrected chi connectivity index (χ4v) is 3.35. The molecule has 142 valence electrons. The number of hydrogen-bond donors (Lipinski definition) is 1. The molecule has 1 saturated carbocycles.